The van der Waals surface area contributed by atoms with E-state index < -0.39 is 6.04 Å². The Kier molecular flexibility index (Phi) is 7.41. The summed E-state index contributed by atoms with van der Waals surface area (Å²) >= 11 is 0. The molecule has 1 atom stereocenters. The standard InChI is InChI=1S/C22H28N2O3/c1-5-23-22(26)17(3)24(15-19-8-6-7-16(2)13-19)21(25)14-18-9-11-20(27-4)12-10-18/h6-13,17H,5,14-15H2,1-4H3,(H,23,26)/t17-/m0/s1. The Bertz CT molecular complexity index is 771. The lowest BCUT2D eigenvalue weighted by Crippen LogP contribution is -2.48. The van der Waals surface area contributed by atoms with Crippen LogP contribution in [-0.4, -0.2) is 36.4 Å². The Morgan fingerprint density at radius 3 is 2.41 bits per heavy atom. The predicted molar refractivity (Wildman–Crippen MR) is 107 cm³/mol. The van der Waals surface area contributed by atoms with Gasteiger partial charge in [-0.15, -0.1) is 0 Å². The van der Waals surface area contributed by atoms with E-state index in [-0.39, 0.29) is 18.2 Å². The molecule has 0 spiro atoms. The average molecular weight is 368 g/mol. The zero-order valence-corrected chi connectivity index (χ0v) is 16.5. The summed E-state index contributed by atoms with van der Waals surface area (Å²) in [5, 5.41) is 2.81. The number of amides is 2. The number of nitrogens with one attached hydrogen (secondary N) is 1. The third-order valence-electron chi connectivity index (χ3n) is 4.47. The van der Waals surface area contributed by atoms with Crippen molar-refractivity contribution >= 4 is 11.8 Å². The first-order valence-corrected chi connectivity index (χ1v) is 9.20. The zero-order valence-electron chi connectivity index (χ0n) is 16.5. The van der Waals surface area contributed by atoms with E-state index in [9.17, 15) is 9.59 Å². The quantitative estimate of drug-likeness (QED) is 0.779. The van der Waals surface area contributed by atoms with Gasteiger partial charge in [-0.1, -0.05) is 42.0 Å². The van der Waals surface area contributed by atoms with Crippen molar-refractivity contribution in [3.63, 3.8) is 0 Å². The molecule has 0 heterocycles. The van der Waals surface area contributed by atoms with Gasteiger partial charge in [0.25, 0.3) is 0 Å². The summed E-state index contributed by atoms with van der Waals surface area (Å²) in [5.41, 5.74) is 3.02. The maximum absolute atomic E-state index is 13.0. The maximum atomic E-state index is 13.0. The van der Waals surface area contributed by atoms with Crippen LogP contribution in [0.4, 0.5) is 0 Å². The van der Waals surface area contributed by atoms with Crippen LogP contribution in [0.25, 0.3) is 0 Å². The third kappa shape index (κ3) is 5.84. The molecule has 0 aromatic heterocycles. The van der Waals surface area contributed by atoms with E-state index in [1.165, 1.54) is 0 Å². The molecular formula is C22H28N2O3. The second kappa shape index (κ2) is 9.76. The number of carbonyl (C=O) groups is 2. The molecule has 0 saturated carbocycles. The van der Waals surface area contributed by atoms with Crippen molar-refractivity contribution < 1.29 is 14.3 Å². The summed E-state index contributed by atoms with van der Waals surface area (Å²) in [5.74, 6) is 0.521. The van der Waals surface area contributed by atoms with Gasteiger partial charge in [-0.25, -0.2) is 0 Å². The largest absolute Gasteiger partial charge is 0.497 e. The summed E-state index contributed by atoms with van der Waals surface area (Å²) in [4.78, 5) is 27.0. The molecule has 0 fully saturated rings. The minimum atomic E-state index is -0.545. The van der Waals surface area contributed by atoms with Crippen LogP contribution in [0.2, 0.25) is 0 Å². The van der Waals surface area contributed by atoms with Gasteiger partial charge in [0.15, 0.2) is 0 Å². The Morgan fingerprint density at radius 1 is 1.11 bits per heavy atom. The van der Waals surface area contributed by atoms with Crippen LogP contribution in [0.5, 0.6) is 5.75 Å². The highest BCUT2D eigenvalue weighted by Crippen LogP contribution is 2.16. The fraction of sp³-hybridized carbons (Fsp3) is 0.364. The van der Waals surface area contributed by atoms with Crippen molar-refractivity contribution in [1.29, 1.82) is 0 Å². The first kappa shape index (κ1) is 20.5. The number of nitrogens with zero attached hydrogens (tertiary/aromatic N) is 1. The maximum Gasteiger partial charge on any atom is 0.242 e. The smallest absolute Gasteiger partial charge is 0.242 e. The Hall–Kier alpha value is -2.82. The number of methoxy groups -OCH3 is 1. The summed E-state index contributed by atoms with van der Waals surface area (Å²) in [6, 6.07) is 14.9. The second-order valence-electron chi connectivity index (χ2n) is 6.61. The SMILES string of the molecule is CCNC(=O)[C@H](C)N(Cc1cccc(C)c1)C(=O)Cc1ccc(OC)cc1. The van der Waals surface area contributed by atoms with Gasteiger partial charge in [0.1, 0.15) is 11.8 Å². The molecule has 144 valence electrons. The van der Waals surface area contributed by atoms with Crippen LogP contribution in [0.15, 0.2) is 48.5 Å². The summed E-state index contributed by atoms with van der Waals surface area (Å²) in [6.45, 7) is 6.59. The van der Waals surface area contributed by atoms with Crippen LogP contribution in [-0.2, 0) is 22.6 Å². The fourth-order valence-electron chi connectivity index (χ4n) is 2.93. The highest BCUT2D eigenvalue weighted by molar-refractivity contribution is 5.88. The molecule has 5 heteroatoms. The molecule has 1 N–H and O–H groups in total. The van der Waals surface area contributed by atoms with E-state index in [4.69, 9.17) is 4.74 Å². The van der Waals surface area contributed by atoms with Crippen molar-refractivity contribution in [2.75, 3.05) is 13.7 Å². The Morgan fingerprint density at radius 2 is 1.81 bits per heavy atom. The van der Waals surface area contributed by atoms with Gasteiger partial charge in [0.05, 0.1) is 13.5 Å². The van der Waals surface area contributed by atoms with Crippen LogP contribution < -0.4 is 10.1 Å². The fourth-order valence-corrected chi connectivity index (χ4v) is 2.93. The number of rotatable bonds is 8. The van der Waals surface area contributed by atoms with Gasteiger partial charge in [0.2, 0.25) is 11.8 Å². The lowest BCUT2D eigenvalue weighted by atomic mass is 10.1. The van der Waals surface area contributed by atoms with E-state index in [0.717, 1.165) is 22.4 Å². The molecule has 0 unspecified atom stereocenters. The van der Waals surface area contributed by atoms with Crippen molar-refractivity contribution in [2.45, 2.75) is 39.8 Å². The van der Waals surface area contributed by atoms with Crippen LogP contribution in [0.3, 0.4) is 0 Å². The molecule has 27 heavy (non-hydrogen) atoms. The van der Waals surface area contributed by atoms with E-state index >= 15 is 0 Å². The molecule has 2 aromatic rings. The number of likely N-dealkylation sites (N-methyl/N-ethyl adjacent to an activating group) is 1. The Balaban J connectivity index is 2.20. The summed E-state index contributed by atoms with van der Waals surface area (Å²) in [7, 11) is 1.61. The monoisotopic (exact) mass is 368 g/mol. The highest BCUT2D eigenvalue weighted by Gasteiger charge is 2.25. The number of hydrogen-bond donors (Lipinski definition) is 1. The molecule has 2 aromatic carbocycles. The van der Waals surface area contributed by atoms with E-state index in [0.29, 0.717) is 13.1 Å². The second-order valence-corrected chi connectivity index (χ2v) is 6.61. The van der Waals surface area contributed by atoms with Gasteiger partial charge < -0.3 is 15.0 Å². The summed E-state index contributed by atoms with van der Waals surface area (Å²) in [6.07, 6.45) is 0.236. The first-order chi connectivity index (χ1) is 12.9. The molecule has 2 rings (SSSR count). The molecule has 0 aliphatic heterocycles. The lowest BCUT2D eigenvalue weighted by molar-refractivity contribution is -0.140. The van der Waals surface area contributed by atoms with Gasteiger partial charge in [-0.05, 0) is 44.0 Å². The van der Waals surface area contributed by atoms with Gasteiger partial charge >= 0.3 is 0 Å². The molecule has 5 nitrogen and oxygen atoms in total. The minimum absolute atomic E-state index is 0.0829. The van der Waals surface area contributed by atoms with Gasteiger partial charge in [0, 0.05) is 13.1 Å². The molecular weight excluding hydrogens is 340 g/mol. The minimum Gasteiger partial charge on any atom is -0.497 e. The zero-order chi connectivity index (χ0) is 19.8. The van der Waals surface area contributed by atoms with Crippen molar-refractivity contribution in [2.24, 2.45) is 0 Å². The summed E-state index contributed by atoms with van der Waals surface area (Å²) < 4.78 is 5.16. The number of carbonyl (C=O) groups excluding carboxylic acids is 2. The number of benzene rings is 2. The van der Waals surface area contributed by atoms with Gasteiger partial charge in [-0.3, -0.25) is 9.59 Å². The van der Waals surface area contributed by atoms with Crippen LogP contribution in [0.1, 0.15) is 30.5 Å². The van der Waals surface area contributed by atoms with Crippen molar-refractivity contribution in [3.05, 3.63) is 65.2 Å². The first-order valence-electron chi connectivity index (χ1n) is 9.20. The molecule has 0 radical (unpaired) electrons. The topological polar surface area (TPSA) is 58.6 Å². The highest BCUT2D eigenvalue weighted by atomic mass is 16.5. The van der Waals surface area contributed by atoms with Gasteiger partial charge in [-0.2, -0.15) is 0 Å². The molecule has 2 amide bonds. The predicted octanol–water partition coefficient (Wildman–Crippen LogP) is 3.10. The van der Waals surface area contributed by atoms with Crippen molar-refractivity contribution in [1.82, 2.24) is 10.2 Å². The lowest BCUT2D eigenvalue weighted by Gasteiger charge is -2.29. The van der Waals surface area contributed by atoms with E-state index in [2.05, 4.69) is 5.32 Å². The molecule has 0 bridgehead atoms. The molecule has 0 aliphatic carbocycles. The van der Waals surface area contributed by atoms with E-state index in [1.807, 2.05) is 62.4 Å². The number of hydrogen-bond acceptors (Lipinski definition) is 3. The normalized spacial score (nSPS) is 11.6. The third-order valence-corrected chi connectivity index (χ3v) is 4.47. The molecule has 0 aliphatic rings. The van der Waals surface area contributed by atoms with E-state index in [1.54, 1.807) is 18.9 Å². The Labute approximate surface area is 161 Å². The number of ether oxygens (including phenoxy) is 1. The number of aryl methyl sites for hydroxylation is 1. The van der Waals surface area contributed by atoms with Crippen LogP contribution in [0, 0.1) is 6.92 Å². The molecule has 0 saturated heterocycles. The average Bonchev–Trinajstić information content (AvgIpc) is 2.66. The van der Waals surface area contributed by atoms with Crippen molar-refractivity contribution in [3.8, 4) is 5.75 Å². The van der Waals surface area contributed by atoms with Crippen LogP contribution >= 0.6 is 0 Å².